The number of para-hydroxylation sites is 1. The summed E-state index contributed by atoms with van der Waals surface area (Å²) in [6.07, 6.45) is 3.33. The van der Waals surface area contributed by atoms with Crippen LogP contribution in [-0.2, 0) is 4.79 Å². The minimum absolute atomic E-state index is 0.102. The third kappa shape index (κ3) is 3.49. The van der Waals surface area contributed by atoms with Crippen molar-refractivity contribution in [3.05, 3.63) is 60.9 Å². The standard InChI is InChI=1S/C16H13N3O3/c20-15(11-21-13-4-2-1-3-5-13)18-16-10-14(19-22-16)12-6-8-17-9-7-12/h1-10H,11H2,(H,18,20). The van der Waals surface area contributed by atoms with Gasteiger partial charge in [-0.15, -0.1) is 0 Å². The molecule has 0 unspecified atom stereocenters. The number of pyridine rings is 1. The van der Waals surface area contributed by atoms with Gasteiger partial charge in [0.2, 0.25) is 5.88 Å². The summed E-state index contributed by atoms with van der Waals surface area (Å²) in [7, 11) is 0. The molecule has 6 nitrogen and oxygen atoms in total. The van der Waals surface area contributed by atoms with Crippen LogP contribution in [0.25, 0.3) is 11.3 Å². The van der Waals surface area contributed by atoms with Crippen LogP contribution < -0.4 is 10.1 Å². The van der Waals surface area contributed by atoms with E-state index in [9.17, 15) is 4.79 Å². The third-order valence-corrected chi connectivity index (χ3v) is 2.86. The minimum Gasteiger partial charge on any atom is -0.484 e. The van der Waals surface area contributed by atoms with E-state index in [2.05, 4.69) is 15.5 Å². The summed E-state index contributed by atoms with van der Waals surface area (Å²) < 4.78 is 10.4. The number of hydrogen-bond acceptors (Lipinski definition) is 5. The summed E-state index contributed by atoms with van der Waals surface area (Å²) in [5.74, 6) is 0.586. The van der Waals surface area contributed by atoms with Gasteiger partial charge in [0.05, 0.1) is 0 Å². The quantitative estimate of drug-likeness (QED) is 0.783. The molecule has 0 spiro atoms. The molecule has 1 aromatic carbocycles. The number of aromatic nitrogens is 2. The highest BCUT2D eigenvalue weighted by atomic mass is 16.5. The van der Waals surface area contributed by atoms with Crippen LogP contribution in [0.2, 0.25) is 0 Å². The fraction of sp³-hybridized carbons (Fsp3) is 0.0625. The zero-order chi connectivity index (χ0) is 15.2. The fourth-order valence-electron chi connectivity index (χ4n) is 1.83. The van der Waals surface area contributed by atoms with Gasteiger partial charge in [-0.3, -0.25) is 15.1 Å². The summed E-state index contributed by atoms with van der Waals surface area (Å²) in [5, 5.41) is 6.49. The van der Waals surface area contributed by atoms with Crippen LogP contribution in [0.5, 0.6) is 5.75 Å². The number of carbonyl (C=O) groups is 1. The largest absolute Gasteiger partial charge is 0.484 e. The maximum atomic E-state index is 11.8. The van der Waals surface area contributed by atoms with Crippen molar-refractivity contribution in [1.82, 2.24) is 10.1 Å². The second-order valence-corrected chi connectivity index (χ2v) is 4.46. The first-order chi connectivity index (χ1) is 10.8. The van der Waals surface area contributed by atoms with Gasteiger partial charge in [0, 0.05) is 24.0 Å². The molecule has 2 aromatic heterocycles. The lowest BCUT2D eigenvalue weighted by Gasteiger charge is -2.04. The van der Waals surface area contributed by atoms with Gasteiger partial charge in [0.15, 0.2) is 6.61 Å². The molecule has 1 amide bonds. The summed E-state index contributed by atoms with van der Waals surface area (Å²) in [5.41, 5.74) is 1.49. The molecular formula is C16H13N3O3. The van der Waals surface area contributed by atoms with Crippen LogP contribution in [0.3, 0.4) is 0 Å². The summed E-state index contributed by atoms with van der Waals surface area (Å²) in [4.78, 5) is 15.7. The van der Waals surface area contributed by atoms with E-state index in [1.54, 1.807) is 30.6 Å². The average molecular weight is 295 g/mol. The lowest BCUT2D eigenvalue weighted by molar-refractivity contribution is -0.118. The van der Waals surface area contributed by atoms with Gasteiger partial charge >= 0.3 is 0 Å². The molecule has 0 bridgehead atoms. The first kappa shape index (κ1) is 13.8. The third-order valence-electron chi connectivity index (χ3n) is 2.86. The molecule has 110 valence electrons. The monoisotopic (exact) mass is 295 g/mol. The molecule has 1 N–H and O–H groups in total. The number of anilines is 1. The van der Waals surface area contributed by atoms with E-state index < -0.39 is 0 Å². The first-order valence-electron chi connectivity index (χ1n) is 6.66. The zero-order valence-electron chi connectivity index (χ0n) is 11.6. The molecule has 3 aromatic rings. The Morgan fingerprint density at radius 3 is 2.68 bits per heavy atom. The van der Waals surface area contributed by atoms with E-state index >= 15 is 0 Å². The van der Waals surface area contributed by atoms with E-state index in [4.69, 9.17) is 9.26 Å². The van der Waals surface area contributed by atoms with Gasteiger partial charge in [0.25, 0.3) is 5.91 Å². The van der Waals surface area contributed by atoms with Crippen molar-refractivity contribution in [3.8, 4) is 17.0 Å². The highest BCUT2D eigenvalue weighted by molar-refractivity contribution is 5.91. The van der Waals surface area contributed by atoms with E-state index in [0.717, 1.165) is 5.56 Å². The van der Waals surface area contributed by atoms with Gasteiger partial charge in [-0.1, -0.05) is 23.4 Å². The summed E-state index contributed by atoms with van der Waals surface area (Å²) in [6.45, 7) is -0.102. The number of rotatable bonds is 5. The van der Waals surface area contributed by atoms with Crippen molar-refractivity contribution >= 4 is 11.8 Å². The highest BCUT2D eigenvalue weighted by Gasteiger charge is 2.10. The van der Waals surface area contributed by atoms with Crippen molar-refractivity contribution < 1.29 is 14.1 Å². The van der Waals surface area contributed by atoms with E-state index in [0.29, 0.717) is 11.4 Å². The molecule has 6 heteroatoms. The molecule has 0 aliphatic rings. The van der Waals surface area contributed by atoms with Gasteiger partial charge in [-0.25, -0.2) is 0 Å². The molecule has 2 heterocycles. The molecule has 0 saturated carbocycles. The zero-order valence-corrected chi connectivity index (χ0v) is 11.6. The van der Waals surface area contributed by atoms with E-state index in [-0.39, 0.29) is 18.4 Å². The van der Waals surface area contributed by atoms with Crippen molar-refractivity contribution in [1.29, 1.82) is 0 Å². The highest BCUT2D eigenvalue weighted by Crippen LogP contribution is 2.20. The number of hydrogen-bond donors (Lipinski definition) is 1. The van der Waals surface area contributed by atoms with Crippen molar-refractivity contribution in [3.63, 3.8) is 0 Å². The normalized spacial score (nSPS) is 10.2. The SMILES string of the molecule is O=C(COc1ccccc1)Nc1cc(-c2ccncc2)no1. The van der Waals surface area contributed by atoms with E-state index in [1.165, 1.54) is 0 Å². The van der Waals surface area contributed by atoms with E-state index in [1.807, 2.05) is 30.3 Å². The number of amides is 1. The second kappa shape index (κ2) is 6.53. The Hall–Kier alpha value is -3.15. The first-order valence-corrected chi connectivity index (χ1v) is 6.66. The molecule has 0 saturated heterocycles. The smallest absolute Gasteiger partial charge is 0.264 e. The summed E-state index contributed by atoms with van der Waals surface area (Å²) >= 11 is 0. The minimum atomic E-state index is -0.318. The molecule has 0 radical (unpaired) electrons. The molecule has 3 rings (SSSR count). The number of nitrogens with one attached hydrogen (secondary N) is 1. The average Bonchev–Trinajstić information content (AvgIpc) is 3.03. The predicted molar refractivity (Wildman–Crippen MR) is 80.3 cm³/mol. The van der Waals surface area contributed by atoms with Crippen LogP contribution >= 0.6 is 0 Å². The Kier molecular flexibility index (Phi) is 4.10. The maximum Gasteiger partial charge on any atom is 0.264 e. The predicted octanol–water partition coefficient (Wildman–Crippen LogP) is 2.75. The molecule has 0 aliphatic heterocycles. The molecule has 0 fully saturated rings. The van der Waals surface area contributed by atoms with Crippen molar-refractivity contribution in [2.75, 3.05) is 11.9 Å². The van der Waals surface area contributed by atoms with Gasteiger partial charge < -0.3 is 9.26 Å². The molecular weight excluding hydrogens is 282 g/mol. The van der Waals surface area contributed by atoms with Crippen molar-refractivity contribution in [2.24, 2.45) is 0 Å². The number of nitrogens with zero attached hydrogens (tertiary/aromatic N) is 2. The summed E-state index contributed by atoms with van der Waals surface area (Å²) in [6, 6.07) is 14.4. The Labute approximate surface area is 126 Å². The van der Waals surface area contributed by atoms with Crippen LogP contribution in [0.4, 0.5) is 5.88 Å². The fourth-order valence-corrected chi connectivity index (χ4v) is 1.83. The molecule has 22 heavy (non-hydrogen) atoms. The Morgan fingerprint density at radius 2 is 1.91 bits per heavy atom. The van der Waals surface area contributed by atoms with Crippen LogP contribution in [0.15, 0.2) is 65.4 Å². The Balaban J connectivity index is 1.57. The lowest BCUT2D eigenvalue weighted by Crippen LogP contribution is -2.19. The van der Waals surface area contributed by atoms with Gasteiger partial charge in [0.1, 0.15) is 11.4 Å². The number of ether oxygens (including phenoxy) is 1. The number of carbonyl (C=O) groups excluding carboxylic acids is 1. The van der Waals surface area contributed by atoms with Crippen molar-refractivity contribution in [2.45, 2.75) is 0 Å². The van der Waals surface area contributed by atoms with Crippen LogP contribution in [0.1, 0.15) is 0 Å². The Bertz CT molecular complexity index is 742. The van der Waals surface area contributed by atoms with Gasteiger partial charge in [-0.05, 0) is 24.3 Å². The van der Waals surface area contributed by atoms with Crippen LogP contribution in [0, 0.1) is 0 Å². The molecule has 0 aliphatic carbocycles. The lowest BCUT2D eigenvalue weighted by atomic mass is 10.2. The van der Waals surface area contributed by atoms with Gasteiger partial charge in [-0.2, -0.15) is 0 Å². The maximum absolute atomic E-state index is 11.8. The molecule has 0 atom stereocenters. The van der Waals surface area contributed by atoms with Crippen LogP contribution in [-0.4, -0.2) is 22.7 Å². The topological polar surface area (TPSA) is 77.2 Å². The Morgan fingerprint density at radius 1 is 1.14 bits per heavy atom. The second-order valence-electron chi connectivity index (χ2n) is 4.46. The number of benzene rings is 1.